The van der Waals surface area contributed by atoms with Crippen LogP contribution in [0, 0.1) is 11.7 Å². The van der Waals surface area contributed by atoms with Crippen LogP contribution in [0.15, 0.2) is 29.3 Å². The Labute approximate surface area is 132 Å². The maximum Gasteiger partial charge on any atom is 0.191 e. The summed E-state index contributed by atoms with van der Waals surface area (Å²) in [5.74, 6) is 1.33. The van der Waals surface area contributed by atoms with Crippen molar-refractivity contribution in [3.05, 3.63) is 35.6 Å². The van der Waals surface area contributed by atoms with Crippen LogP contribution in [0.1, 0.15) is 25.3 Å². The van der Waals surface area contributed by atoms with E-state index in [1.54, 1.807) is 12.1 Å². The average molecular weight is 306 g/mol. The predicted octanol–water partition coefficient (Wildman–Crippen LogP) is 2.22. The van der Waals surface area contributed by atoms with Crippen molar-refractivity contribution in [2.75, 3.05) is 27.2 Å². The molecule has 1 aromatic rings. The van der Waals surface area contributed by atoms with Crippen LogP contribution in [0.4, 0.5) is 4.39 Å². The van der Waals surface area contributed by atoms with Crippen molar-refractivity contribution < 1.29 is 4.39 Å². The number of halogens is 1. The molecule has 0 saturated heterocycles. The van der Waals surface area contributed by atoms with Gasteiger partial charge < -0.3 is 15.5 Å². The summed E-state index contributed by atoms with van der Waals surface area (Å²) in [6.45, 7) is 4.03. The van der Waals surface area contributed by atoms with E-state index < -0.39 is 0 Å². The zero-order chi connectivity index (χ0) is 15.9. The van der Waals surface area contributed by atoms with E-state index in [-0.39, 0.29) is 5.82 Å². The Morgan fingerprint density at radius 2 is 2.05 bits per heavy atom. The molecular weight excluding hydrogens is 279 g/mol. The van der Waals surface area contributed by atoms with Crippen molar-refractivity contribution in [2.45, 2.75) is 32.4 Å². The maximum atomic E-state index is 13.6. The quantitative estimate of drug-likeness (QED) is 0.599. The molecule has 1 fully saturated rings. The van der Waals surface area contributed by atoms with Crippen molar-refractivity contribution >= 4 is 5.96 Å². The molecule has 1 atom stereocenters. The lowest BCUT2D eigenvalue weighted by molar-refractivity contribution is 0.264. The Morgan fingerprint density at radius 3 is 2.64 bits per heavy atom. The summed E-state index contributed by atoms with van der Waals surface area (Å²) in [7, 11) is 4.24. The van der Waals surface area contributed by atoms with Crippen molar-refractivity contribution in [1.29, 1.82) is 0 Å². The summed E-state index contributed by atoms with van der Waals surface area (Å²) in [5.41, 5.74) is 0.617. The molecule has 4 nitrogen and oxygen atoms in total. The van der Waals surface area contributed by atoms with Gasteiger partial charge in [0.1, 0.15) is 5.82 Å². The zero-order valence-electron chi connectivity index (χ0n) is 13.8. The molecule has 0 radical (unpaired) electrons. The Hall–Kier alpha value is -1.62. The van der Waals surface area contributed by atoms with Gasteiger partial charge in [0, 0.05) is 24.7 Å². The van der Waals surface area contributed by atoms with Gasteiger partial charge in [0.05, 0.1) is 6.54 Å². The lowest BCUT2D eigenvalue weighted by atomic mass is 10.1. The number of aliphatic imine (C=N–C) groups is 1. The normalized spacial score (nSPS) is 16.7. The van der Waals surface area contributed by atoms with E-state index in [0.29, 0.717) is 18.2 Å². The van der Waals surface area contributed by atoms with Crippen LogP contribution >= 0.6 is 0 Å². The molecule has 0 aliphatic heterocycles. The van der Waals surface area contributed by atoms with E-state index >= 15 is 0 Å². The van der Waals surface area contributed by atoms with Crippen LogP contribution < -0.4 is 10.6 Å². The van der Waals surface area contributed by atoms with E-state index in [4.69, 9.17) is 0 Å². The Kier molecular flexibility index (Phi) is 6.19. The molecule has 1 aromatic carbocycles. The first-order valence-corrected chi connectivity index (χ1v) is 8.03. The fourth-order valence-electron chi connectivity index (χ4n) is 2.59. The first-order valence-electron chi connectivity index (χ1n) is 8.03. The van der Waals surface area contributed by atoms with Crippen LogP contribution in [0.2, 0.25) is 0 Å². The van der Waals surface area contributed by atoms with Gasteiger partial charge in [-0.1, -0.05) is 18.2 Å². The van der Waals surface area contributed by atoms with E-state index in [0.717, 1.165) is 25.0 Å². The van der Waals surface area contributed by atoms with Gasteiger partial charge in [0.2, 0.25) is 0 Å². The summed E-state index contributed by atoms with van der Waals surface area (Å²) in [6, 6.07) is 7.31. The molecule has 1 saturated carbocycles. The summed E-state index contributed by atoms with van der Waals surface area (Å²) in [5, 5.41) is 6.61. The summed E-state index contributed by atoms with van der Waals surface area (Å²) in [6.07, 6.45) is 2.63. The van der Waals surface area contributed by atoms with Gasteiger partial charge in [0.25, 0.3) is 0 Å². The number of benzene rings is 1. The third-order valence-corrected chi connectivity index (χ3v) is 4.02. The van der Waals surface area contributed by atoms with Crippen molar-refractivity contribution in [3.8, 4) is 0 Å². The number of rotatable bonds is 7. The maximum absolute atomic E-state index is 13.6. The highest BCUT2D eigenvalue weighted by atomic mass is 19.1. The van der Waals surface area contributed by atoms with Gasteiger partial charge in [-0.2, -0.15) is 0 Å². The largest absolute Gasteiger partial charge is 0.357 e. The molecule has 5 heteroatoms. The van der Waals surface area contributed by atoms with E-state index in [2.05, 4.69) is 34.6 Å². The lowest BCUT2D eigenvalue weighted by Crippen LogP contribution is -2.46. The number of hydrogen-bond acceptors (Lipinski definition) is 2. The smallest absolute Gasteiger partial charge is 0.191 e. The molecule has 0 bridgehead atoms. The zero-order valence-corrected chi connectivity index (χ0v) is 13.8. The molecular formula is C17H27FN4. The second-order valence-electron chi connectivity index (χ2n) is 6.04. The molecule has 1 unspecified atom stereocenters. The first kappa shape index (κ1) is 16.7. The summed E-state index contributed by atoms with van der Waals surface area (Å²) >= 11 is 0. The molecule has 122 valence electrons. The molecule has 2 N–H and O–H groups in total. The topological polar surface area (TPSA) is 39.7 Å². The Balaban J connectivity index is 1.93. The van der Waals surface area contributed by atoms with Gasteiger partial charge in [-0.3, -0.25) is 0 Å². The second-order valence-corrected chi connectivity index (χ2v) is 6.04. The number of nitrogens with one attached hydrogen (secondary N) is 2. The Morgan fingerprint density at radius 1 is 1.32 bits per heavy atom. The standard InChI is InChI=1S/C17H27FN4/c1-4-19-17(20-11-14-7-5-6-8-15(14)18)21-12-16(22(2)3)13-9-10-13/h5-8,13,16H,4,9-12H2,1-3H3,(H2,19,20,21). The SMILES string of the molecule is CCNC(=NCc1ccccc1F)NCC(C1CC1)N(C)C. The molecule has 22 heavy (non-hydrogen) atoms. The minimum Gasteiger partial charge on any atom is -0.357 e. The van der Waals surface area contributed by atoms with Gasteiger partial charge in [-0.25, -0.2) is 9.38 Å². The van der Waals surface area contributed by atoms with Gasteiger partial charge in [-0.15, -0.1) is 0 Å². The van der Waals surface area contributed by atoms with E-state index in [1.807, 2.05) is 13.0 Å². The predicted molar refractivity (Wildman–Crippen MR) is 89.4 cm³/mol. The van der Waals surface area contributed by atoms with E-state index in [1.165, 1.54) is 18.9 Å². The first-order chi connectivity index (χ1) is 10.6. The van der Waals surface area contributed by atoms with Crippen LogP contribution in [0.5, 0.6) is 0 Å². The molecule has 1 aliphatic rings. The number of guanidine groups is 1. The number of likely N-dealkylation sites (N-methyl/N-ethyl adjacent to an activating group) is 1. The number of hydrogen-bond donors (Lipinski definition) is 2. The average Bonchev–Trinajstić information content (AvgIpc) is 3.30. The van der Waals surface area contributed by atoms with Crippen molar-refractivity contribution in [3.63, 3.8) is 0 Å². The highest BCUT2D eigenvalue weighted by molar-refractivity contribution is 5.79. The molecule has 1 aliphatic carbocycles. The molecule has 0 spiro atoms. The minimum absolute atomic E-state index is 0.203. The van der Waals surface area contributed by atoms with Crippen LogP contribution in [-0.2, 0) is 6.54 Å². The van der Waals surface area contributed by atoms with Crippen LogP contribution in [-0.4, -0.2) is 44.1 Å². The molecule has 0 aromatic heterocycles. The fraction of sp³-hybridized carbons (Fsp3) is 0.588. The molecule has 0 heterocycles. The van der Waals surface area contributed by atoms with Gasteiger partial charge in [-0.05, 0) is 45.8 Å². The monoisotopic (exact) mass is 306 g/mol. The molecule has 0 amide bonds. The fourth-order valence-corrected chi connectivity index (χ4v) is 2.59. The Bertz CT molecular complexity index is 495. The highest BCUT2D eigenvalue weighted by Gasteiger charge is 2.32. The summed E-state index contributed by atoms with van der Waals surface area (Å²) < 4.78 is 13.6. The van der Waals surface area contributed by atoms with Crippen molar-refractivity contribution in [2.24, 2.45) is 10.9 Å². The van der Waals surface area contributed by atoms with Crippen LogP contribution in [0.25, 0.3) is 0 Å². The summed E-state index contributed by atoms with van der Waals surface area (Å²) in [4.78, 5) is 6.76. The van der Waals surface area contributed by atoms with Gasteiger partial charge >= 0.3 is 0 Å². The number of nitrogens with zero attached hydrogens (tertiary/aromatic N) is 2. The third-order valence-electron chi connectivity index (χ3n) is 4.02. The van der Waals surface area contributed by atoms with Gasteiger partial charge in [0.15, 0.2) is 5.96 Å². The second kappa shape index (κ2) is 8.13. The third kappa shape index (κ3) is 4.98. The molecule has 2 rings (SSSR count). The van der Waals surface area contributed by atoms with E-state index in [9.17, 15) is 4.39 Å². The van der Waals surface area contributed by atoms with Crippen LogP contribution in [0.3, 0.4) is 0 Å². The highest BCUT2D eigenvalue weighted by Crippen LogP contribution is 2.34. The van der Waals surface area contributed by atoms with Crippen molar-refractivity contribution in [1.82, 2.24) is 15.5 Å². The minimum atomic E-state index is -0.203. The lowest BCUT2D eigenvalue weighted by Gasteiger charge is -2.25.